The van der Waals surface area contributed by atoms with Crippen molar-refractivity contribution < 1.29 is 4.79 Å². The maximum Gasteiger partial charge on any atom is 0.237 e. The summed E-state index contributed by atoms with van der Waals surface area (Å²) in [6.45, 7) is 8.21. The highest BCUT2D eigenvalue weighted by atomic mass is 16.2. The number of nitrogens with zero attached hydrogens (tertiary/aromatic N) is 2. The van der Waals surface area contributed by atoms with Crippen molar-refractivity contribution in [2.24, 2.45) is 5.92 Å². The van der Waals surface area contributed by atoms with Crippen LogP contribution in [0.3, 0.4) is 0 Å². The van der Waals surface area contributed by atoms with Crippen molar-refractivity contribution in [1.29, 1.82) is 0 Å². The van der Waals surface area contributed by atoms with Crippen LogP contribution in [0.4, 0.5) is 0 Å². The number of carbonyl (C=O) groups excluding carboxylic acids is 1. The summed E-state index contributed by atoms with van der Waals surface area (Å²) in [5, 5.41) is 2.07. The van der Waals surface area contributed by atoms with Gasteiger partial charge in [0.1, 0.15) is 0 Å². The second-order valence-electron chi connectivity index (χ2n) is 5.01. The maximum atomic E-state index is 12.1. The molecule has 100 valence electrons. The van der Waals surface area contributed by atoms with E-state index in [1.807, 2.05) is 0 Å². The highest BCUT2D eigenvalue weighted by molar-refractivity contribution is 5.78. The molecule has 1 rings (SSSR count). The lowest BCUT2D eigenvalue weighted by Crippen LogP contribution is -2.53. The summed E-state index contributed by atoms with van der Waals surface area (Å²) in [5.41, 5.74) is 3.07. The monoisotopic (exact) mass is 241 g/mol. The van der Waals surface area contributed by atoms with Crippen molar-refractivity contribution in [3.63, 3.8) is 0 Å². The Balaban J connectivity index is 2.31. The van der Waals surface area contributed by atoms with Gasteiger partial charge in [0.2, 0.25) is 5.91 Å². The van der Waals surface area contributed by atoms with Crippen LogP contribution >= 0.6 is 0 Å². The lowest BCUT2D eigenvalue weighted by molar-refractivity contribution is -0.131. The van der Waals surface area contributed by atoms with Crippen LogP contribution in [0.25, 0.3) is 0 Å². The molecule has 1 heterocycles. The number of hydrogen-bond donors (Lipinski definition) is 1. The van der Waals surface area contributed by atoms with Crippen molar-refractivity contribution in [1.82, 2.24) is 15.3 Å². The fourth-order valence-corrected chi connectivity index (χ4v) is 2.14. The van der Waals surface area contributed by atoms with Gasteiger partial charge in [0.25, 0.3) is 0 Å². The van der Waals surface area contributed by atoms with E-state index in [4.69, 9.17) is 0 Å². The van der Waals surface area contributed by atoms with Gasteiger partial charge in [-0.15, -0.1) is 0 Å². The van der Waals surface area contributed by atoms with Crippen molar-refractivity contribution >= 4 is 5.91 Å². The molecule has 1 aliphatic rings. The van der Waals surface area contributed by atoms with E-state index in [0.29, 0.717) is 0 Å². The molecule has 1 fully saturated rings. The normalized spacial score (nSPS) is 20.2. The van der Waals surface area contributed by atoms with Gasteiger partial charge in [-0.2, -0.15) is 0 Å². The van der Waals surface area contributed by atoms with E-state index in [1.165, 1.54) is 0 Å². The molecule has 0 aromatic carbocycles. The van der Waals surface area contributed by atoms with Gasteiger partial charge in [-0.25, -0.2) is 5.01 Å². The Labute approximate surface area is 105 Å². The summed E-state index contributed by atoms with van der Waals surface area (Å²) in [6, 6.07) is 0. The topological polar surface area (TPSA) is 35.6 Å². The molecule has 0 spiro atoms. The van der Waals surface area contributed by atoms with Gasteiger partial charge >= 0.3 is 0 Å². The summed E-state index contributed by atoms with van der Waals surface area (Å²) >= 11 is 0. The van der Waals surface area contributed by atoms with Crippen molar-refractivity contribution in [3.8, 4) is 0 Å². The minimum atomic E-state index is 0.189. The first-order valence-electron chi connectivity index (χ1n) is 6.91. The van der Waals surface area contributed by atoms with E-state index in [1.54, 1.807) is 0 Å². The van der Waals surface area contributed by atoms with Gasteiger partial charge in [-0.3, -0.25) is 10.2 Å². The van der Waals surface area contributed by atoms with Crippen LogP contribution in [0.5, 0.6) is 0 Å². The summed E-state index contributed by atoms with van der Waals surface area (Å²) in [7, 11) is 2.12. The second kappa shape index (κ2) is 7.67. The number of rotatable bonds is 6. The van der Waals surface area contributed by atoms with Crippen LogP contribution < -0.4 is 5.43 Å². The summed E-state index contributed by atoms with van der Waals surface area (Å²) in [6.07, 6.45) is 4.28. The average molecular weight is 241 g/mol. The number of likely N-dealkylation sites (N-methyl/N-ethyl adjacent to an activating group) is 1. The third-order valence-corrected chi connectivity index (χ3v) is 3.54. The zero-order valence-corrected chi connectivity index (χ0v) is 11.5. The van der Waals surface area contributed by atoms with Crippen LogP contribution in [0.15, 0.2) is 0 Å². The fourth-order valence-electron chi connectivity index (χ4n) is 2.14. The van der Waals surface area contributed by atoms with Gasteiger partial charge in [0.05, 0.1) is 0 Å². The molecule has 1 N–H and O–H groups in total. The first-order valence-corrected chi connectivity index (χ1v) is 6.91. The molecule has 0 aromatic rings. The summed E-state index contributed by atoms with van der Waals surface area (Å²) in [5.74, 6) is 0.403. The number of unbranched alkanes of at least 4 members (excludes halogenated alkanes) is 1. The van der Waals surface area contributed by atoms with Gasteiger partial charge in [-0.1, -0.05) is 26.7 Å². The van der Waals surface area contributed by atoms with E-state index in [-0.39, 0.29) is 11.8 Å². The molecule has 1 aliphatic heterocycles. The Morgan fingerprint density at radius 1 is 1.24 bits per heavy atom. The molecule has 17 heavy (non-hydrogen) atoms. The van der Waals surface area contributed by atoms with Gasteiger partial charge in [-0.05, 0) is 19.9 Å². The van der Waals surface area contributed by atoms with Gasteiger partial charge < -0.3 is 4.90 Å². The van der Waals surface area contributed by atoms with Crippen molar-refractivity contribution in [2.75, 3.05) is 33.2 Å². The Bertz CT molecular complexity index is 225. The number of carbonyl (C=O) groups is 1. The Hall–Kier alpha value is -0.610. The van der Waals surface area contributed by atoms with E-state index < -0.39 is 0 Å². The van der Waals surface area contributed by atoms with Crippen LogP contribution in [0, 0.1) is 5.92 Å². The van der Waals surface area contributed by atoms with E-state index in [2.05, 4.69) is 36.2 Å². The van der Waals surface area contributed by atoms with Gasteiger partial charge in [0, 0.05) is 32.1 Å². The third-order valence-electron chi connectivity index (χ3n) is 3.54. The van der Waals surface area contributed by atoms with Crippen molar-refractivity contribution in [2.45, 2.75) is 39.5 Å². The van der Waals surface area contributed by atoms with E-state index in [9.17, 15) is 4.79 Å². The number of hydrazine groups is 1. The highest BCUT2D eigenvalue weighted by Gasteiger charge is 2.20. The lowest BCUT2D eigenvalue weighted by Gasteiger charge is -2.33. The average Bonchev–Trinajstić information content (AvgIpc) is 2.33. The largest absolute Gasteiger partial charge is 0.304 e. The smallest absolute Gasteiger partial charge is 0.237 e. The van der Waals surface area contributed by atoms with E-state index >= 15 is 0 Å². The molecule has 0 aromatic heterocycles. The number of nitrogens with one attached hydrogen (secondary N) is 1. The van der Waals surface area contributed by atoms with Crippen LogP contribution in [0.2, 0.25) is 0 Å². The lowest BCUT2D eigenvalue weighted by atomic mass is 9.99. The molecule has 1 amide bonds. The fraction of sp³-hybridized carbons (Fsp3) is 0.923. The Kier molecular flexibility index (Phi) is 6.52. The minimum Gasteiger partial charge on any atom is -0.304 e. The zero-order valence-electron chi connectivity index (χ0n) is 11.5. The standard InChI is InChI=1S/C13H27N3O/c1-4-6-7-12(5-2)13(17)14-16-10-8-15(3)9-11-16/h12H,4-11H2,1-3H3,(H,14,17). The molecular weight excluding hydrogens is 214 g/mol. The molecule has 0 saturated carbocycles. The maximum absolute atomic E-state index is 12.1. The molecule has 1 unspecified atom stereocenters. The molecule has 1 atom stereocenters. The quantitative estimate of drug-likeness (QED) is 0.765. The van der Waals surface area contributed by atoms with Crippen LogP contribution in [-0.2, 0) is 4.79 Å². The first kappa shape index (κ1) is 14.5. The molecular formula is C13H27N3O. The predicted molar refractivity (Wildman–Crippen MR) is 70.5 cm³/mol. The highest BCUT2D eigenvalue weighted by Crippen LogP contribution is 2.13. The van der Waals surface area contributed by atoms with Crippen LogP contribution in [0.1, 0.15) is 39.5 Å². The SMILES string of the molecule is CCCCC(CC)C(=O)NN1CCN(C)CC1. The third kappa shape index (κ3) is 5.04. The molecule has 1 saturated heterocycles. The molecule has 4 heteroatoms. The second-order valence-corrected chi connectivity index (χ2v) is 5.01. The Morgan fingerprint density at radius 2 is 1.88 bits per heavy atom. The minimum absolute atomic E-state index is 0.189. The van der Waals surface area contributed by atoms with Gasteiger partial charge in [0.15, 0.2) is 0 Å². The summed E-state index contributed by atoms with van der Waals surface area (Å²) < 4.78 is 0. The molecule has 0 bridgehead atoms. The first-order chi connectivity index (χ1) is 8.17. The predicted octanol–water partition coefficient (Wildman–Crippen LogP) is 1.48. The Morgan fingerprint density at radius 3 is 2.41 bits per heavy atom. The molecule has 0 aliphatic carbocycles. The van der Waals surface area contributed by atoms with Crippen molar-refractivity contribution in [3.05, 3.63) is 0 Å². The number of amides is 1. The molecule has 4 nitrogen and oxygen atoms in total. The van der Waals surface area contributed by atoms with E-state index in [0.717, 1.165) is 51.9 Å². The molecule has 0 radical (unpaired) electrons. The number of piperazine rings is 1. The van der Waals surface area contributed by atoms with Crippen LogP contribution in [-0.4, -0.2) is 49.0 Å². The number of hydrogen-bond acceptors (Lipinski definition) is 3. The zero-order chi connectivity index (χ0) is 12.7. The summed E-state index contributed by atoms with van der Waals surface area (Å²) in [4.78, 5) is 14.4.